The van der Waals surface area contributed by atoms with Crippen LogP contribution >= 0.6 is 0 Å². The molecule has 1 aromatic rings. The van der Waals surface area contributed by atoms with Crippen LogP contribution in [0.15, 0.2) is 23.2 Å². The van der Waals surface area contributed by atoms with Crippen LogP contribution in [0.25, 0.3) is 0 Å². The summed E-state index contributed by atoms with van der Waals surface area (Å²) in [5, 5.41) is 3.54. The number of nitrogens with zero attached hydrogens (tertiary/aromatic N) is 3. The van der Waals surface area contributed by atoms with Gasteiger partial charge in [0, 0.05) is 51.1 Å². The lowest BCUT2D eigenvalue weighted by Crippen LogP contribution is -2.51. The Bertz CT molecular complexity index is 797. The van der Waals surface area contributed by atoms with Crippen LogP contribution in [0.3, 0.4) is 0 Å². The van der Waals surface area contributed by atoms with E-state index in [-0.39, 0.29) is 17.2 Å². The molecule has 0 atom stereocenters. The topological polar surface area (TPSA) is 75.6 Å². The number of amides is 1. The first kappa shape index (κ1) is 24.2. The molecule has 2 aliphatic rings. The Morgan fingerprint density at radius 1 is 1.09 bits per heavy atom. The van der Waals surface area contributed by atoms with Crippen molar-refractivity contribution in [1.29, 1.82) is 0 Å². The number of benzene rings is 1. The highest BCUT2D eigenvalue weighted by atomic mass is 16.5. The number of hydrogen-bond donors (Lipinski definition) is 1. The number of rotatable bonds is 6. The van der Waals surface area contributed by atoms with Crippen LogP contribution in [0.1, 0.15) is 32.3 Å². The summed E-state index contributed by atoms with van der Waals surface area (Å²) >= 11 is 0. The zero-order valence-corrected chi connectivity index (χ0v) is 20.1. The third kappa shape index (κ3) is 5.65. The smallest absolute Gasteiger partial charge is 0.225 e. The fourth-order valence-corrected chi connectivity index (χ4v) is 4.37. The molecule has 3 rings (SSSR count). The molecule has 0 radical (unpaired) electrons. The lowest BCUT2D eigenvalue weighted by atomic mass is 9.84. The number of morpholine rings is 1. The second-order valence-corrected chi connectivity index (χ2v) is 9.05. The molecule has 2 fully saturated rings. The summed E-state index contributed by atoms with van der Waals surface area (Å²) in [4.78, 5) is 21.5. The van der Waals surface area contributed by atoms with Gasteiger partial charge in [-0.25, -0.2) is 0 Å². The molecule has 8 heteroatoms. The highest BCUT2D eigenvalue weighted by molar-refractivity contribution is 5.82. The molecule has 0 spiro atoms. The van der Waals surface area contributed by atoms with E-state index in [2.05, 4.69) is 35.1 Å². The van der Waals surface area contributed by atoms with E-state index in [1.54, 1.807) is 14.2 Å². The van der Waals surface area contributed by atoms with Crippen LogP contribution in [-0.4, -0.2) is 88.9 Å². The van der Waals surface area contributed by atoms with Gasteiger partial charge in [-0.15, -0.1) is 0 Å². The molecule has 0 aliphatic carbocycles. The highest BCUT2D eigenvalue weighted by Gasteiger charge is 2.31. The molecule has 0 aromatic heterocycles. The van der Waals surface area contributed by atoms with Gasteiger partial charge in [0.05, 0.1) is 27.4 Å². The Kier molecular flexibility index (Phi) is 8.23. The number of methoxy groups -OCH3 is 2. The van der Waals surface area contributed by atoms with Crippen molar-refractivity contribution in [2.45, 2.75) is 32.1 Å². The van der Waals surface area contributed by atoms with Crippen LogP contribution < -0.4 is 14.8 Å². The van der Waals surface area contributed by atoms with Crippen LogP contribution in [0.5, 0.6) is 11.5 Å². The summed E-state index contributed by atoms with van der Waals surface area (Å²) in [5.41, 5.74) is 1.02. The molecule has 0 bridgehead atoms. The molecule has 2 heterocycles. The molecule has 1 amide bonds. The fourth-order valence-electron chi connectivity index (χ4n) is 4.37. The maximum atomic E-state index is 12.8. The first-order chi connectivity index (χ1) is 15.4. The molecule has 178 valence electrons. The van der Waals surface area contributed by atoms with Gasteiger partial charge < -0.3 is 29.3 Å². The summed E-state index contributed by atoms with van der Waals surface area (Å²) in [5.74, 6) is 2.73. The van der Waals surface area contributed by atoms with Crippen molar-refractivity contribution in [2.24, 2.45) is 10.9 Å². The zero-order valence-electron chi connectivity index (χ0n) is 20.1. The number of nitrogens with one attached hydrogen (secondary N) is 1. The number of carbonyl (C=O) groups is 1. The van der Waals surface area contributed by atoms with E-state index < -0.39 is 0 Å². The van der Waals surface area contributed by atoms with Gasteiger partial charge in [-0.05, 0) is 30.5 Å². The van der Waals surface area contributed by atoms with Crippen LogP contribution in [0.4, 0.5) is 0 Å². The van der Waals surface area contributed by atoms with Crippen LogP contribution in [0, 0.1) is 5.92 Å². The second-order valence-electron chi connectivity index (χ2n) is 9.05. The molecule has 2 aliphatic heterocycles. The van der Waals surface area contributed by atoms with E-state index in [0.29, 0.717) is 26.3 Å². The summed E-state index contributed by atoms with van der Waals surface area (Å²) in [6, 6.07) is 6.06. The Hall–Kier alpha value is -2.48. The maximum absolute atomic E-state index is 12.8. The fraction of sp³-hybridized carbons (Fsp3) is 0.667. The average molecular weight is 447 g/mol. The molecular weight excluding hydrogens is 408 g/mol. The van der Waals surface area contributed by atoms with Gasteiger partial charge >= 0.3 is 0 Å². The van der Waals surface area contributed by atoms with Crippen molar-refractivity contribution in [3.8, 4) is 11.5 Å². The summed E-state index contributed by atoms with van der Waals surface area (Å²) < 4.78 is 16.2. The molecule has 2 saturated heterocycles. The lowest BCUT2D eigenvalue weighted by molar-refractivity contribution is -0.140. The largest absolute Gasteiger partial charge is 0.493 e. The number of ether oxygens (including phenoxy) is 3. The molecule has 0 unspecified atom stereocenters. The summed E-state index contributed by atoms with van der Waals surface area (Å²) in [7, 11) is 5.12. The number of hydrogen-bond acceptors (Lipinski definition) is 5. The number of aliphatic imine (C=N–C) groups is 1. The molecule has 32 heavy (non-hydrogen) atoms. The highest BCUT2D eigenvalue weighted by Crippen LogP contribution is 2.33. The van der Waals surface area contributed by atoms with Crippen LogP contribution in [0.2, 0.25) is 0 Å². The van der Waals surface area contributed by atoms with Crippen molar-refractivity contribution >= 4 is 11.9 Å². The van der Waals surface area contributed by atoms with E-state index in [9.17, 15) is 4.79 Å². The predicted molar refractivity (Wildman–Crippen MR) is 126 cm³/mol. The summed E-state index contributed by atoms with van der Waals surface area (Å²) in [6.07, 6.45) is 1.71. The lowest BCUT2D eigenvalue weighted by Gasteiger charge is -2.37. The SMILES string of the molecule is CN=C(NCC(C)(C)c1ccc(OC)c(OC)c1)N1CCC(C(=O)N2CCOCC2)CC1. The molecule has 1 aromatic carbocycles. The van der Waals surface area contributed by atoms with Crippen molar-refractivity contribution in [3.63, 3.8) is 0 Å². The molecule has 1 N–H and O–H groups in total. The number of guanidine groups is 1. The average Bonchev–Trinajstić information content (AvgIpc) is 2.84. The Morgan fingerprint density at radius 3 is 2.34 bits per heavy atom. The summed E-state index contributed by atoms with van der Waals surface area (Å²) in [6.45, 7) is 9.51. The van der Waals surface area contributed by atoms with E-state index in [1.165, 1.54) is 0 Å². The van der Waals surface area contributed by atoms with Gasteiger partial charge in [0.15, 0.2) is 17.5 Å². The van der Waals surface area contributed by atoms with Crippen molar-refractivity contribution in [3.05, 3.63) is 23.8 Å². The van der Waals surface area contributed by atoms with Gasteiger partial charge in [-0.2, -0.15) is 0 Å². The predicted octanol–water partition coefficient (Wildman–Crippen LogP) is 2.13. The minimum atomic E-state index is -0.139. The Balaban J connectivity index is 1.55. The first-order valence-electron chi connectivity index (χ1n) is 11.4. The standard InChI is InChI=1S/C24H38N4O4/c1-24(2,19-6-7-20(30-4)21(16-19)31-5)17-26-23(25-3)28-10-8-18(9-11-28)22(29)27-12-14-32-15-13-27/h6-7,16,18H,8-15,17H2,1-5H3,(H,25,26). The molecule has 8 nitrogen and oxygen atoms in total. The second kappa shape index (κ2) is 10.9. The third-order valence-corrected chi connectivity index (χ3v) is 6.53. The van der Waals surface area contributed by atoms with Gasteiger partial charge in [0.2, 0.25) is 5.91 Å². The first-order valence-corrected chi connectivity index (χ1v) is 11.4. The third-order valence-electron chi connectivity index (χ3n) is 6.53. The van der Waals surface area contributed by atoms with Gasteiger partial charge in [0.25, 0.3) is 0 Å². The zero-order chi connectivity index (χ0) is 23.1. The minimum Gasteiger partial charge on any atom is -0.493 e. The van der Waals surface area contributed by atoms with Gasteiger partial charge in [-0.3, -0.25) is 9.79 Å². The number of piperidine rings is 1. The number of likely N-dealkylation sites (tertiary alicyclic amines) is 1. The monoisotopic (exact) mass is 446 g/mol. The van der Waals surface area contributed by atoms with Gasteiger partial charge in [-0.1, -0.05) is 19.9 Å². The molecule has 0 saturated carbocycles. The van der Waals surface area contributed by atoms with Crippen molar-refractivity contribution in [2.75, 3.05) is 67.2 Å². The molecular formula is C24H38N4O4. The minimum absolute atomic E-state index is 0.102. The normalized spacial score (nSPS) is 18.5. The quantitative estimate of drug-likeness (QED) is 0.533. The van der Waals surface area contributed by atoms with E-state index in [0.717, 1.165) is 55.5 Å². The van der Waals surface area contributed by atoms with Crippen molar-refractivity contribution in [1.82, 2.24) is 15.1 Å². The van der Waals surface area contributed by atoms with E-state index in [1.807, 2.05) is 24.1 Å². The van der Waals surface area contributed by atoms with Gasteiger partial charge in [0.1, 0.15) is 0 Å². The Labute approximate surface area is 191 Å². The van der Waals surface area contributed by atoms with Crippen LogP contribution in [-0.2, 0) is 14.9 Å². The maximum Gasteiger partial charge on any atom is 0.225 e. The van der Waals surface area contributed by atoms with E-state index >= 15 is 0 Å². The van der Waals surface area contributed by atoms with Crippen molar-refractivity contribution < 1.29 is 19.0 Å². The number of carbonyl (C=O) groups excluding carboxylic acids is 1. The van der Waals surface area contributed by atoms with E-state index in [4.69, 9.17) is 14.2 Å². The Morgan fingerprint density at radius 2 is 1.75 bits per heavy atom.